The number of methoxy groups -OCH3 is 1. The summed E-state index contributed by atoms with van der Waals surface area (Å²) in [6.07, 6.45) is 3.47. The zero-order valence-corrected chi connectivity index (χ0v) is 15.1. The number of hydrogen-bond donors (Lipinski definition) is 1. The molecule has 1 unspecified atom stereocenters. The second-order valence-corrected chi connectivity index (χ2v) is 6.85. The Hall–Kier alpha value is -1.89. The smallest absolute Gasteiger partial charge is 0.341 e. The number of ether oxygens (including phenoxy) is 2. The fourth-order valence-corrected chi connectivity index (χ4v) is 4.25. The highest BCUT2D eigenvalue weighted by molar-refractivity contribution is 7.17. The molecule has 2 rings (SSSR count). The molecule has 24 heavy (non-hydrogen) atoms. The zero-order chi connectivity index (χ0) is 17.7. The summed E-state index contributed by atoms with van der Waals surface area (Å²) in [6, 6.07) is 0. The van der Waals surface area contributed by atoms with Crippen LogP contribution in [-0.2, 0) is 31.9 Å². The average Bonchev–Trinajstić information content (AvgIpc) is 2.91. The first-order valence-electron chi connectivity index (χ1n) is 8.18. The van der Waals surface area contributed by atoms with Crippen LogP contribution in [-0.4, -0.2) is 31.6 Å². The molecule has 1 heterocycles. The Morgan fingerprint density at radius 2 is 2.04 bits per heavy atom. The largest absolute Gasteiger partial charge is 0.469 e. The van der Waals surface area contributed by atoms with Gasteiger partial charge in [-0.3, -0.25) is 9.59 Å². The number of esters is 2. The molecule has 6 nitrogen and oxygen atoms in total. The van der Waals surface area contributed by atoms with Crippen LogP contribution in [0.25, 0.3) is 0 Å². The van der Waals surface area contributed by atoms with Gasteiger partial charge >= 0.3 is 11.9 Å². The molecule has 1 amide bonds. The van der Waals surface area contributed by atoms with Crippen molar-refractivity contribution in [2.45, 2.75) is 46.0 Å². The molecule has 7 heteroatoms. The van der Waals surface area contributed by atoms with Crippen molar-refractivity contribution in [1.82, 2.24) is 0 Å². The normalized spacial score (nSPS) is 16.2. The van der Waals surface area contributed by atoms with Crippen LogP contribution in [0.1, 0.15) is 53.9 Å². The minimum absolute atomic E-state index is 0.274. The summed E-state index contributed by atoms with van der Waals surface area (Å²) < 4.78 is 9.65. The number of thiophene rings is 1. The van der Waals surface area contributed by atoms with Crippen LogP contribution in [0, 0.1) is 5.92 Å². The van der Waals surface area contributed by atoms with Crippen LogP contribution in [0.5, 0.6) is 0 Å². The number of nitrogens with one attached hydrogen (secondary N) is 1. The van der Waals surface area contributed by atoms with E-state index in [9.17, 15) is 14.4 Å². The Morgan fingerprint density at radius 1 is 1.29 bits per heavy atom. The maximum atomic E-state index is 12.4. The van der Waals surface area contributed by atoms with E-state index in [2.05, 4.69) is 17.0 Å². The number of carbonyl (C=O) groups excluding carboxylic acids is 3. The molecule has 0 saturated heterocycles. The Morgan fingerprint density at radius 3 is 2.67 bits per heavy atom. The van der Waals surface area contributed by atoms with E-state index in [4.69, 9.17) is 4.74 Å². The molecule has 0 fully saturated rings. The summed E-state index contributed by atoms with van der Waals surface area (Å²) in [4.78, 5) is 36.7. The fraction of sp³-hybridized carbons (Fsp3) is 0.588. The summed E-state index contributed by atoms with van der Waals surface area (Å²) in [6.45, 7) is 4.19. The molecule has 1 aromatic rings. The number of carbonyl (C=O) groups is 3. The molecule has 1 atom stereocenters. The summed E-state index contributed by atoms with van der Waals surface area (Å²) >= 11 is 1.41. The highest BCUT2D eigenvalue weighted by Crippen LogP contribution is 2.40. The standard InChI is InChI=1S/C17H23NO5S/c1-4-10-6-7-11-12(8-10)24-16(15(11)17(21)23-5-2)18-13(19)9-14(20)22-3/h10H,4-9H2,1-3H3,(H,18,19). The highest BCUT2D eigenvalue weighted by atomic mass is 32.1. The van der Waals surface area contributed by atoms with E-state index in [0.717, 1.165) is 36.1 Å². The molecule has 0 bridgehead atoms. The van der Waals surface area contributed by atoms with Crippen molar-refractivity contribution in [2.75, 3.05) is 19.0 Å². The van der Waals surface area contributed by atoms with Crippen LogP contribution < -0.4 is 5.32 Å². The lowest BCUT2D eigenvalue weighted by molar-refractivity contribution is -0.142. The van der Waals surface area contributed by atoms with Gasteiger partial charge in [0.1, 0.15) is 11.4 Å². The number of rotatable bonds is 6. The Balaban J connectivity index is 2.28. The molecule has 132 valence electrons. The van der Waals surface area contributed by atoms with E-state index in [1.807, 2.05) is 0 Å². The zero-order valence-electron chi connectivity index (χ0n) is 14.3. The van der Waals surface area contributed by atoms with Gasteiger partial charge in [0, 0.05) is 4.88 Å². The van der Waals surface area contributed by atoms with Crippen LogP contribution in [0.4, 0.5) is 5.00 Å². The van der Waals surface area contributed by atoms with Crippen LogP contribution >= 0.6 is 11.3 Å². The number of amides is 1. The van der Waals surface area contributed by atoms with E-state index in [1.54, 1.807) is 6.92 Å². The van der Waals surface area contributed by atoms with Gasteiger partial charge in [-0.25, -0.2) is 4.79 Å². The first kappa shape index (κ1) is 18.4. The lowest BCUT2D eigenvalue weighted by Gasteiger charge is -2.20. The third-order valence-electron chi connectivity index (χ3n) is 4.21. The molecule has 0 saturated carbocycles. The number of hydrogen-bond acceptors (Lipinski definition) is 6. The Bertz CT molecular complexity index is 637. The predicted molar refractivity (Wildman–Crippen MR) is 91.3 cm³/mol. The van der Waals surface area contributed by atoms with E-state index in [0.29, 0.717) is 16.5 Å². The molecule has 1 aliphatic rings. The summed E-state index contributed by atoms with van der Waals surface area (Å²) in [5.74, 6) is -0.918. The van der Waals surface area contributed by atoms with Crippen molar-refractivity contribution in [1.29, 1.82) is 0 Å². The SMILES string of the molecule is CCOC(=O)c1c(NC(=O)CC(=O)OC)sc2c1CCC(CC)C2. The predicted octanol–water partition coefficient (Wildman–Crippen LogP) is 2.94. The van der Waals surface area contributed by atoms with Gasteiger partial charge < -0.3 is 14.8 Å². The molecule has 0 radical (unpaired) electrons. The van der Waals surface area contributed by atoms with Gasteiger partial charge in [-0.15, -0.1) is 11.3 Å². The maximum absolute atomic E-state index is 12.4. The Kier molecular flexibility index (Phi) is 6.36. The van der Waals surface area contributed by atoms with E-state index < -0.39 is 17.8 Å². The van der Waals surface area contributed by atoms with Gasteiger partial charge in [-0.1, -0.05) is 13.3 Å². The maximum Gasteiger partial charge on any atom is 0.341 e. The van der Waals surface area contributed by atoms with Crippen molar-refractivity contribution in [3.05, 3.63) is 16.0 Å². The van der Waals surface area contributed by atoms with Crippen molar-refractivity contribution in [3.63, 3.8) is 0 Å². The summed E-state index contributed by atoms with van der Waals surface area (Å²) in [5, 5.41) is 3.16. The second-order valence-electron chi connectivity index (χ2n) is 5.75. The molecular formula is C17H23NO5S. The topological polar surface area (TPSA) is 81.7 Å². The highest BCUT2D eigenvalue weighted by Gasteiger charge is 2.30. The van der Waals surface area contributed by atoms with E-state index in [-0.39, 0.29) is 13.0 Å². The molecule has 0 aliphatic heterocycles. The van der Waals surface area contributed by atoms with Gasteiger partial charge in [0.15, 0.2) is 0 Å². The van der Waals surface area contributed by atoms with Gasteiger partial charge in [0.2, 0.25) is 5.91 Å². The van der Waals surface area contributed by atoms with E-state index >= 15 is 0 Å². The van der Waals surface area contributed by atoms with Gasteiger partial charge in [0.05, 0.1) is 19.3 Å². The fourth-order valence-electron chi connectivity index (χ4n) is 2.88. The van der Waals surface area contributed by atoms with Crippen LogP contribution in [0.15, 0.2) is 0 Å². The molecule has 1 N–H and O–H groups in total. The summed E-state index contributed by atoms with van der Waals surface area (Å²) in [7, 11) is 1.23. The molecule has 0 spiro atoms. The molecule has 1 aliphatic carbocycles. The second kappa shape index (κ2) is 8.28. The lowest BCUT2D eigenvalue weighted by Crippen LogP contribution is -2.19. The minimum Gasteiger partial charge on any atom is -0.469 e. The first-order valence-corrected chi connectivity index (χ1v) is 9.00. The van der Waals surface area contributed by atoms with E-state index in [1.165, 1.54) is 18.4 Å². The van der Waals surface area contributed by atoms with Gasteiger partial charge in [-0.2, -0.15) is 0 Å². The average molecular weight is 353 g/mol. The Labute approximate surface area is 145 Å². The minimum atomic E-state index is -0.613. The quantitative estimate of drug-likeness (QED) is 0.628. The lowest BCUT2D eigenvalue weighted by atomic mass is 9.85. The third kappa shape index (κ3) is 4.14. The van der Waals surface area contributed by atoms with Crippen molar-refractivity contribution < 1.29 is 23.9 Å². The van der Waals surface area contributed by atoms with Gasteiger partial charge in [0.25, 0.3) is 0 Å². The monoisotopic (exact) mass is 353 g/mol. The molecular weight excluding hydrogens is 330 g/mol. The van der Waals surface area contributed by atoms with Crippen LogP contribution in [0.2, 0.25) is 0 Å². The summed E-state index contributed by atoms with van der Waals surface area (Å²) in [5.41, 5.74) is 1.43. The van der Waals surface area contributed by atoms with Crippen molar-refractivity contribution >= 4 is 34.2 Å². The molecule has 0 aromatic carbocycles. The first-order chi connectivity index (χ1) is 11.5. The third-order valence-corrected chi connectivity index (χ3v) is 5.38. The number of fused-ring (bicyclic) bond motifs is 1. The van der Waals surface area contributed by atoms with Crippen molar-refractivity contribution in [2.24, 2.45) is 5.92 Å². The molecule has 1 aromatic heterocycles. The van der Waals surface area contributed by atoms with Gasteiger partial charge in [-0.05, 0) is 37.7 Å². The van der Waals surface area contributed by atoms with Crippen molar-refractivity contribution in [3.8, 4) is 0 Å². The van der Waals surface area contributed by atoms with Crippen LogP contribution in [0.3, 0.4) is 0 Å². The number of anilines is 1.